The average molecular weight is 546 g/mol. The van der Waals surface area contributed by atoms with Gasteiger partial charge in [-0.1, -0.05) is 31.9 Å². The van der Waals surface area contributed by atoms with Gasteiger partial charge in [0, 0.05) is 18.8 Å². The lowest BCUT2D eigenvalue weighted by Gasteiger charge is -2.02. The Bertz CT molecular complexity index is 743. The minimum atomic E-state index is -3.07. The van der Waals surface area contributed by atoms with Crippen LogP contribution < -0.4 is 0 Å². The smallest absolute Gasteiger partial charge is 0.175 e. The van der Waals surface area contributed by atoms with Gasteiger partial charge in [-0.25, -0.2) is 8.42 Å². The van der Waals surface area contributed by atoms with Crippen molar-refractivity contribution < 1.29 is 8.42 Å². The molecule has 0 saturated carbocycles. The molecule has 0 spiro atoms. The molecule has 2 rings (SSSR count). The van der Waals surface area contributed by atoms with Gasteiger partial charge in [-0.3, -0.25) is 0 Å². The van der Waals surface area contributed by atoms with Gasteiger partial charge < -0.3 is 0 Å². The Kier molecular flexibility index (Phi) is 7.36. The van der Waals surface area contributed by atoms with Crippen LogP contribution in [-0.2, 0) is 9.84 Å². The summed E-state index contributed by atoms with van der Waals surface area (Å²) < 4.78 is 25.7. The molecule has 2 aromatic rings. The van der Waals surface area contributed by atoms with Crippen molar-refractivity contribution in [2.45, 2.75) is 18.7 Å². The molecule has 0 radical (unpaired) electrons. The van der Waals surface area contributed by atoms with E-state index in [2.05, 4.69) is 79.6 Å². The molecule has 2 aromatic carbocycles. The van der Waals surface area contributed by atoms with E-state index in [0.717, 1.165) is 14.5 Å². The Hall–Kier alpha value is 0.0800. The molecule has 0 bridgehead atoms. The third kappa shape index (κ3) is 6.38. The molecule has 0 aliphatic carbocycles. The Labute approximate surface area is 156 Å². The predicted octanol–water partition coefficient (Wildman–Crippen LogP) is 5.52. The van der Waals surface area contributed by atoms with Crippen molar-refractivity contribution in [3.63, 3.8) is 0 Å². The van der Waals surface area contributed by atoms with E-state index in [-0.39, 0.29) is 0 Å². The van der Waals surface area contributed by atoms with Crippen LogP contribution in [0.2, 0.25) is 0 Å². The fraction of sp³-hybridized carbons (Fsp3) is 0.200. The first kappa shape index (κ1) is 19.1. The number of sulfone groups is 1. The zero-order valence-corrected chi connectivity index (χ0v) is 18.0. The molecule has 2 nitrogen and oxygen atoms in total. The highest BCUT2D eigenvalue weighted by molar-refractivity contribution is 14.1. The van der Waals surface area contributed by atoms with Gasteiger partial charge >= 0.3 is 0 Å². The van der Waals surface area contributed by atoms with E-state index in [1.807, 2.05) is 0 Å². The highest BCUT2D eigenvalue weighted by atomic mass is 127. The van der Waals surface area contributed by atoms with Crippen LogP contribution in [0.5, 0.6) is 0 Å². The van der Waals surface area contributed by atoms with Crippen LogP contribution in [0.1, 0.15) is 11.1 Å². The fourth-order valence-corrected chi connectivity index (χ4v) is 3.88. The SMILES string of the molecule is Cc1cc(Br)ccc1I.Cc1cc(Br)ccc1S(C)(=O)=O. The van der Waals surface area contributed by atoms with E-state index >= 15 is 0 Å². The molecule has 0 atom stereocenters. The normalized spacial score (nSPS) is 10.8. The predicted molar refractivity (Wildman–Crippen MR) is 104 cm³/mol. The summed E-state index contributed by atoms with van der Waals surface area (Å²) in [6.07, 6.45) is 1.21. The van der Waals surface area contributed by atoms with Gasteiger partial charge in [-0.2, -0.15) is 0 Å². The molecular formula is C15H15Br2IO2S. The summed E-state index contributed by atoms with van der Waals surface area (Å²) in [5.74, 6) is 0. The first-order valence-electron chi connectivity index (χ1n) is 5.99. The maximum Gasteiger partial charge on any atom is 0.175 e. The maximum atomic E-state index is 11.1. The Morgan fingerprint density at radius 3 is 1.76 bits per heavy atom. The lowest BCUT2D eigenvalue weighted by molar-refractivity contribution is 0.601. The van der Waals surface area contributed by atoms with E-state index in [0.29, 0.717) is 4.90 Å². The van der Waals surface area contributed by atoms with Crippen LogP contribution in [-0.4, -0.2) is 14.7 Å². The molecule has 0 fully saturated rings. The number of benzene rings is 2. The Morgan fingerprint density at radius 1 is 0.905 bits per heavy atom. The second-order valence-corrected chi connectivity index (χ2v) is 9.55. The molecule has 0 N–H and O–H groups in total. The van der Waals surface area contributed by atoms with Crippen molar-refractivity contribution in [2.75, 3.05) is 6.26 Å². The summed E-state index contributed by atoms with van der Waals surface area (Å²) >= 11 is 8.98. The Balaban J connectivity index is 0.000000219. The number of rotatable bonds is 1. The molecule has 0 aliphatic heterocycles. The van der Waals surface area contributed by atoms with E-state index in [9.17, 15) is 8.42 Å². The highest BCUT2D eigenvalue weighted by Gasteiger charge is 2.09. The molecule has 0 aliphatic rings. The van der Waals surface area contributed by atoms with E-state index in [4.69, 9.17) is 0 Å². The number of hydrogen-bond donors (Lipinski definition) is 0. The molecule has 0 saturated heterocycles. The standard InChI is InChI=1S/C8H9BrO2S.C7H6BrI/c1-6-5-7(9)3-4-8(6)12(2,10)11;1-5-4-6(8)2-3-7(5)9/h3-5H,1-2H3;2-4H,1H3. The van der Waals surface area contributed by atoms with Crippen LogP contribution in [0.3, 0.4) is 0 Å². The summed E-state index contributed by atoms with van der Waals surface area (Å²) in [4.78, 5) is 0.394. The first-order valence-corrected chi connectivity index (χ1v) is 10.5. The number of aryl methyl sites for hydroxylation is 2. The minimum Gasteiger partial charge on any atom is -0.224 e. The van der Waals surface area contributed by atoms with Crippen molar-refractivity contribution in [3.05, 3.63) is 60.0 Å². The molecule has 21 heavy (non-hydrogen) atoms. The van der Waals surface area contributed by atoms with E-state index in [1.165, 1.54) is 15.4 Å². The number of hydrogen-bond acceptors (Lipinski definition) is 2. The van der Waals surface area contributed by atoms with Crippen molar-refractivity contribution in [2.24, 2.45) is 0 Å². The van der Waals surface area contributed by atoms with E-state index in [1.54, 1.807) is 25.1 Å². The van der Waals surface area contributed by atoms with Crippen LogP contribution in [0.25, 0.3) is 0 Å². The summed E-state index contributed by atoms with van der Waals surface area (Å²) in [5, 5.41) is 0. The Morgan fingerprint density at radius 2 is 1.38 bits per heavy atom. The summed E-state index contributed by atoms with van der Waals surface area (Å²) in [7, 11) is -3.07. The van der Waals surface area contributed by atoms with Gasteiger partial charge in [0.2, 0.25) is 0 Å². The van der Waals surface area contributed by atoms with Gasteiger partial charge in [-0.15, -0.1) is 0 Å². The third-order valence-corrected chi connectivity index (χ3v) is 6.11. The van der Waals surface area contributed by atoms with Crippen molar-refractivity contribution in [3.8, 4) is 0 Å². The van der Waals surface area contributed by atoms with Crippen molar-refractivity contribution >= 4 is 64.3 Å². The zero-order chi connectivity index (χ0) is 16.2. The lowest BCUT2D eigenvalue weighted by atomic mass is 10.2. The quantitative estimate of drug-likeness (QED) is 0.442. The van der Waals surface area contributed by atoms with Gasteiger partial charge in [0.15, 0.2) is 9.84 Å². The zero-order valence-electron chi connectivity index (χ0n) is 11.8. The number of halogens is 3. The van der Waals surface area contributed by atoms with Crippen molar-refractivity contribution in [1.29, 1.82) is 0 Å². The van der Waals surface area contributed by atoms with Gasteiger partial charge in [0.1, 0.15) is 0 Å². The van der Waals surface area contributed by atoms with Crippen LogP contribution >= 0.6 is 54.5 Å². The molecular weight excluding hydrogens is 531 g/mol. The van der Waals surface area contributed by atoms with Gasteiger partial charge in [0.25, 0.3) is 0 Å². The summed E-state index contributed by atoms with van der Waals surface area (Å²) in [6.45, 7) is 3.88. The first-order chi connectivity index (χ1) is 9.61. The van der Waals surface area contributed by atoms with Crippen LogP contribution in [0.15, 0.2) is 50.2 Å². The molecule has 0 heterocycles. The van der Waals surface area contributed by atoms with Gasteiger partial charge in [0.05, 0.1) is 4.90 Å². The van der Waals surface area contributed by atoms with Crippen molar-refractivity contribution in [1.82, 2.24) is 0 Å². The lowest BCUT2D eigenvalue weighted by Crippen LogP contribution is -1.99. The third-order valence-electron chi connectivity index (χ3n) is 2.66. The summed E-state index contributed by atoms with van der Waals surface area (Å²) in [5.41, 5.74) is 2.09. The van der Waals surface area contributed by atoms with Crippen LogP contribution in [0.4, 0.5) is 0 Å². The molecule has 114 valence electrons. The molecule has 6 heteroatoms. The second kappa shape index (κ2) is 8.08. The molecule has 0 unspecified atom stereocenters. The maximum absolute atomic E-state index is 11.1. The highest BCUT2D eigenvalue weighted by Crippen LogP contribution is 2.19. The molecule has 0 amide bonds. The summed E-state index contributed by atoms with van der Waals surface area (Å²) in [6, 6.07) is 11.4. The second-order valence-electron chi connectivity index (χ2n) is 4.58. The van der Waals surface area contributed by atoms with Gasteiger partial charge in [-0.05, 0) is 84.0 Å². The van der Waals surface area contributed by atoms with Crippen LogP contribution in [0, 0.1) is 17.4 Å². The fourth-order valence-electron chi connectivity index (χ4n) is 1.64. The average Bonchev–Trinajstić information content (AvgIpc) is 2.33. The monoisotopic (exact) mass is 544 g/mol. The van der Waals surface area contributed by atoms with E-state index < -0.39 is 9.84 Å². The largest absolute Gasteiger partial charge is 0.224 e. The molecule has 0 aromatic heterocycles. The topological polar surface area (TPSA) is 34.1 Å². The minimum absolute atomic E-state index is 0.394.